The number of anilines is 5. The summed E-state index contributed by atoms with van der Waals surface area (Å²) in [6, 6.07) is 12.0. The molecule has 0 saturated carbocycles. The van der Waals surface area contributed by atoms with Gasteiger partial charge in [0, 0.05) is 61.1 Å². The van der Waals surface area contributed by atoms with Crippen LogP contribution in [0.2, 0.25) is 5.02 Å². The molecule has 3 aliphatic heterocycles. The van der Waals surface area contributed by atoms with Gasteiger partial charge in [0.15, 0.2) is 5.82 Å². The van der Waals surface area contributed by atoms with E-state index in [1.54, 1.807) is 6.20 Å². The summed E-state index contributed by atoms with van der Waals surface area (Å²) in [6.45, 7) is 1.84. The number of pyridine rings is 1. The van der Waals surface area contributed by atoms with Crippen LogP contribution < -0.4 is 20.9 Å². The molecule has 0 aliphatic carbocycles. The second-order valence-corrected chi connectivity index (χ2v) is 10.7. The first-order valence-corrected chi connectivity index (χ1v) is 13.8. The number of aryl methyl sites for hydroxylation is 1. The third kappa shape index (κ3) is 6.20. The summed E-state index contributed by atoms with van der Waals surface area (Å²) in [6.07, 6.45) is 12.2. The molecule has 1 unspecified atom stereocenters. The van der Waals surface area contributed by atoms with E-state index in [1.807, 2.05) is 48.9 Å². The van der Waals surface area contributed by atoms with Crippen molar-refractivity contribution in [2.75, 3.05) is 33.9 Å². The Morgan fingerprint density at radius 2 is 2.00 bits per heavy atom. The van der Waals surface area contributed by atoms with Crippen LogP contribution in [0.5, 0.6) is 0 Å². The van der Waals surface area contributed by atoms with Crippen molar-refractivity contribution in [3.05, 3.63) is 71.3 Å². The molecule has 6 bridgehead atoms. The number of amides is 1. The van der Waals surface area contributed by atoms with E-state index in [0.717, 1.165) is 73.6 Å². The topological polar surface area (TPSA) is 107 Å². The van der Waals surface area contributed by atoms with Crippen molar-refractivity contribution >= 4 is 52.7 Å². The molecule has 10 heteroatoms. The summed E-state index contributed by atoms with van der Waals surface area (Å²) in [5, 5.41) is 10.2. The number of piperidine rings is 1. The quantitative estimate of drug-likeness (QED) is 0.382. The maximum Gasteiger partial charge on any atom is 0.229 e. The van der Waals surface area contributed by atoms with Crippen LogP contribution in [-0.2, 0) is 11.2 Å². The van der Waals surface area contributed by atoms with Gasteiger partial charge >= 0.3 is 0 Å². The Kier molecular flexibility index (Phi) is 7.40. The SMILES string of the molecule is O=C(CC1CCN(c2ccccn2)CC1)Nc1ccc2cc1CCC1C=NC=C(C1)Nc1ncc(Cl)c(n1)N2. The average molecular weight is 543 g/mol. The molecule has 3 aromatic rings. The first-order valence-electron chi connectivity index (χ1n) is 13.5. The first-order chi connectivity index (χ1) is 19.1. The van der Waals surface area contributed by atoms with Crippen LogP contribution in [0, 0.1) is 11.8 Å². The van der Waals surface area contributed by atoms with Crippen molar-refractivity contribution in [3.8, 4) is 0 Å². The number of nitrogens with zero attached hydrogens (tertiary/aromatic N) is 5. The molecule has 0 spiro atoms. The predicted molar refractivity (Wildman–Crippen MR) is 156 cm³/mol. The van der Waals surface area contributed by atoms with Gasteiger partial charge in [0.05, 0.1) is 6.20 Å². The Labute approximate surface area is 232 Å². The van der Waals surface area contributed by atoms with E-state index >= 15 is 0 Å². The Hall–Kier alpha value is -3.98. The molecule has 3 N–H and O–H groups in total. The minimum Gasteiger partial charge on any atom is -0.357 e. The minimum atomic E-state index is 0.0586. The molecule has 6 rings (SSSR count). The second kappa shape index (κ2) is 11.4. The lowest BCUT2D eigenvalue weighted by atomic mass is 9.92. The Balaban J connectivity index is 1.15. The van der Waals surface area contributed by atoms with Gasteiger partial charge < -0.3 is 20.9 Å². The fraction of sp³-hybridized carbons (Fsp3) is 0.345. The van der Waals surface area contributed by atoms with Gasteiger partial charge in [-0.15, -0.1) is 0 Å². The highest BCUT2D eigenvalue weighted by Gasteiger charge is 2.23. The zero-order valence-corrected chi connectivity index (χ0v) is 22.4. The molecule has 9 nitrogen and oxygen atoms in total. The van der Waals surface area contributed by atoms with Crippen molar-refractivity contribution in [1.29, 1.82) is 0 Å². The normalized spacial score (nSPS) is 18.9. The number of hydrogen-bond acceptors (Lipinski definition) is 8. The van der Waals surface area contributed by atoms with E-state index in [9.17, 15) is 4.79 Å². The Morgan fingerprint density at radius 3 is 2.85 bits per heavy atom. The molecule has 39 heavy (non-hydrogen) atoms. The minimum absolute atomic E-state index is 0.0586. The van der Waals surface area contributed by atoms with Gasteiger partial charge in [-0.1, -0.05) is 17.7 Å². The summed E-state index contributed by atoms with van der Waals surface area (Å²) in [5.41, 5.74) is 3.73. The lowest BCUT2D eigenvalue weighted by Gasteiger charge is -2.32. The maximum absolute atomic E-state index is 13.1. The monoisotopic (exact) mass is 542 g/mol. The van der Waals surface area contributed by atoms with Crippen LogP contribution in [0.1, 0.15) is 37.7 Å². The number of carbonyl (C=O) groups excluding carboxylic acids is 1. The van der Waals surface area contributed by atoms with Gasteiger partial charge in [0.1, 0.15) is 10.8 Å². The number of aromatic nitrogens is 3. The Bertz CT molecular complexity index is 1400. The summed E-state index contributed by atoms with van der Waals surface area (Å²) in [4.78, 5) is 33.2. The summed E-state index contributed by atoms with van der Waals surface area (Å²) < 4.78 is 0. The van der Waals surface area contributed by atoms with Gasteiger partial charge in [-0.25, -0.2) is 9.97 Å². The number of aliphatic imine (C=N–C) groups is 1. The number of halogens is 1. The molecule has 1 amide bonds. The standard InChI is InChI=1S/C29H31ClN8O/c30-24-18-33-29-35-23-13-20(16-31-17-23)4-5-21-15-22(34-28(24)37-29)6-7-25(21)36-27(39)14-19-8-11-38(12-9-19)26-3-1-2-10-32-26/h1-3,6-7,10,15-20H,4-5,8-9,11-14H2,(H,36,39)(H2,33,34,35,37). The van der Waals surface area contributed by atoms with Crippen molar-refractivity contribution in [2.24, 2.45) is 16.8 Å². The smallest absolute Gasteiger partial charge is 0.229 e. The van der Waals surface area contributed by atoms with Crippen LogP contribution >= 0.6 is 11.6 Å². The average Bonchev–Trinajstić information content (AvgIpc) is 2.96. The van der Waals surface area contributed by atoms with E-state index in [0.29, 0.717) is 29.1 Å². The van der Waals surface area contributed by atoms with Crippen LogP contribution in [0.4, 0.5) is 29.0 Å². The van der Waals surface area contributed by atoms with E-state index in [2.05, 4.69) is 46.9 Å². The molecular weight excluding hydrogens is 512 g/mol. The molecule has 1 saturated heterocycles. The van der Waals surface area contributed by atoms with Crippen molar-refractivity contribution in [2.45, 2.75) is 38.5 Å². The van der Waals surface area contributed by atoms with Crippen LogP contribution in [0.3, 0.4) is 0 Å². The van der Waals surface area contributed by atoms with Crippen LogP contribution in [0.15, 0.2) is 65.7 Å². The molecule has 1 fully saturated rings. The summed E-state index contributed by atoms with van der Waals surface area (Å²) in [5.74, 6) is 2.69. The molecule has 0 radical (unpaired) electrons. The molecule has 200 valence electrons. The van der Waals surface area contributed by atoms with Crippen LogP contribution in [0.25, 0.3) is 0 Å². The third-order valence-electron chi connectivity index (χ3n) is 7.51. The highest BCUT2D eigenvalue weighted by atomic mass is 35.5. The second-order valence-electron chi connectivity index (χ2n) is 10.3. The number of allylic oxidation sites excluding steroid dienone is 1. The zero-order valence-electron chi connectivity index (χ0n) is 21.6. The number of nitrogens with one attached hydrogen (secondary N) is 3. The van der Waals surface area contributed by atoms with E-state index < -0.39 is 0 Å². The van der Waals surface area contributed by atoms with E-state index in [4.69, 9.17) is 11.6 Å². The van der Waals surface area contributed by atoms with E-state index in [1.165, 1.54) is 0 Å². The molecule has 1 aromatic carbocycles. The van der Waals surface area contributed by atoms with Gasteiger partial charge in [-0.05, 0) is 73.9 Å². The number of hydrogen-bond donors (Lipinski definition) is 3. The molecular formula is C29H31ClN8O. The van der Waals surface area contributed by atoms with Crippen molar-refractivity contribution in [3.63, 3.8) is 0 Å². The van der Waals surface area contributed by atoms with Crippen molar-refractivity contribution in [1.82, 2.24) is 15.0 Å². The first kappa shape index (κ1) is 25.3. The van der Waals surface area contributed by atoms with Crippen LogP contribution in [-0.4, -0.2) is 40.2 Å². The largest absolute Gasteiger partial charge is 0.357 e. The predicted octanol–water partition coefficient (Wildman–Crippen LogP) is 5.80. The lowest BCUT2D eigenvalue weighted by Crippen LogP contribution is -2.35. The maximum atomic E-state index is 13.1. The number of rotatable bonds is 4. The zero-order chi connectivity index (χ0) is 26.6. The summed E-state index contributed by atoms with van der Waals surface area (Å²) >= 11 is 6.39. The molecule has 2 aromatic heterocycles. The molecule has 5 heterocycles. The van der Waals surface area contributed by atoms with Gasteiger partial charge in [0.25, 0.3) is 0 Å². The summed E-state index contributed by atoms with van der Waals surface area (Å²) in [7, 11) is 0. The molecule has 1 atom stereocenters. The van der Waals surface area contributed by atoms with Gasteiger partial charge in [0.2, 0.25) is 11.9 Å². The highest BCUT2D eigenvalue weighted by Crippen LogP contribution is 2.31. The fourth-order valence-corrected chi connectivity index (χ4v) is 5.55. The third-order valence-corrected chi connectivity index (χ3v) is 7.79. The molecule has 3 aliphatic rings. The van der Waals surface area contributed by atoms with Gasteiger partial charge in [-0.2, -0.15) is 4.98 Å². The highest BCUT2D eigenvalue weighted by molar-refractivity contribution is 6.32. The van der Waals surface area contributed by atoms with E-state index in [-0.39, 0.29) is 11.8 Å². The lowest BCUT2D eigenvalue weighted by molar-refractivity contribution is -0.117. The number of carbonyl (C=O) groups is 1. The number of benzene rings is 1. The number of fused-ring (bicyclic) bond motifs is 6. The fourth-order valence-electron chi connectivity index (χ4n) is 5.41. The van der Waals surface area contributed by atoms with Gasteiger partial charge in [-0.3, -0.25) is 9.79 Å². The Morgan fingerprint density at radius 1 is 1.10 bits per heavy atom. The van der Waals surface area contributed by atoms with Crippen molar-refractivity contribution < 1.29 is 4.79 Å².